The third kappa shape index (κ3) is 2.85. The van der Waals surface area contributed by atoms with Crippen molar-refractivity contribution in [3.05, 3.63) is 18.2 Å². The first-order valence-electron chi connectivity index (χ1n) is 6.55. The molecule has 3 heteroatoms. The van der Waals surface area contributed by atoms with Crippen molar-refractivity contribution in [2.24, 2.45) is 5.92 Å². The zero-order valence-corrected chi connectivity index (χ0v) is 10.4. The molecule has 1 heterocycles. The molecule has 1 aliphatic carbocycles. The summed E-state index contributed by atoms with van der Waals surface area (Å²) in [7, 11) is 0. The Morgan fingerprint density at radius 3 is 2.88 bits per heavy atom. The van der Waals surface area contributed by atoms with Crippen LogP contribution in [0.4, 0.5) is 0 Å². The van der Waals surface area contributed by atoms with Crippen LogP contribution >= 0.6 is 0 Å². The first kappa shape index (κ1) is 11.6. The molecule has 2 unspecified atom stereocenters. The molecule has 2 atom stereocenters. The summed E-state index contributed by atoms with van der Waals surface area (Å²) in [6.07, 6.45) is 10.4. The van der Waals surface area contributed by atoms with E-state index in [0.29, 0.717) is 12.1 Å². The van der Waals surface area contributed by atoms with Gasteiger partial charge in [-0.1, -0.05) is 26.2 Å². The topological polar surface area (TPSA) is 40.7 Å². The van der Waals surface area contributed by atoms with Gasteiger partial charge in [-0.05, 0) is 25.7 Å². The lowest BCUT2D eigenvalue weighted by Gasteiger charge is -2.30. The van der Waals surface area contributed by atoms with Crippen LogP contribution in [-0.2, 0) is 0 Å². The number of nitrogens with zero attached hydrogens (tertiary/aromatic N) is 1. The monoisotopic (exact) mass is 221 g/mol. The quantitative estimate of drug-likeness (QED) is 0.775. The summed E-state index contributed by atoms with van der Waals surface area (Å²) in [6.45, 7) is 4.50. The average molecular weight is 221 g/mol. The van der Waals surface area contributed by atoms with Crippen LogP contribution in [0.1, 0.15) is 57.8 Å². The van der Waals surface area contributed by atoms with Gasteiger partial charge in [-0.3, -0.25) is 0 Å². The second-order valence-corrected chi connectivity index (χ2v) is 5.04. The summed E-state index contributed by atoms with van der Waals surface area (Å²) >= 11 is 0. The van der Waals surface area contributed by atoms with Crippen molar-refractivity contribution in [2.75, 3.05) is 0 Å². The van der Waals surface area contributed by atoms with Crippen molar-refractivity contribution in [3.63, 3.8) is 0 Å². The summed E-state index contributed by atoms with van der Waals surface area (Å²) in [6, 6.07) is 0.977. The molecule has 2 rings (SSSR count). The zero-order valence-electron chi connectivity index (χ0n) is 10.4. The fraction of sp³-hybridized carbons (Fsp3) is 0.769. The van der Waals surface area contributed by atoms with Crippen LogP contribution in [0.5, 0.6) is 0 Å². The van der Waals surface area contributed by atoms with Crippen LogP contribution in [0.3, 0.4) is 0 Å². The highest BCUT2D eigenvalue weighted by Crippen LogP contribution is 2.30. The molecule has 2 N–H and O–H groups in total. The Labute approximate surface area is 98.1 Å². The Kier molecular flexibility index (Phi) is 3.99. The Bertz CT molecular complexity index is 290. The summed E-state index contributed by atoms with van der Waals surface area (Å²) in [5.41, 5.74) is 0. The van der Waals surface area contributed by atoms with E-state index in [1.807, 2.05) is 12.4 Å². The van der Waals surface area contributed by atoms with Gasteiger partial charge in [0.15, 0.2) is 0 Å². The number of hydrogen-bond donors (Lipinski definition) is 2. The number of rotatable bonds is 6. The highest BCUT2D eigenvalue weighted by molar-refractivity contribution is 4.96. The van der Waals surface area contributed by atoms with Crippen molar-refractivity contribution in [3.8, 4) is 0 Å². The second kappa shape index (κ2) is 5.48. The van der Waals surface area contributed by atoms with Gasteiger partial charge in [0.25, 0.3) is 0 Å². The molecule has 90 valence electrons. The SMILES string of the molecule is CCC(NC(C)CC1CCC1)c1ncc[nH]1. The maximum atomic E-state index is 4.34. The molecule has 0 saturated heterocycles. The van der Waals surface area contributed by atoms with Crippen molar-refractivity contribution in [2.45, 2.75) is 58.0 Å². The van der Waals surface area contributed by atoms with Crippen LogP contribution in [-0.4, -0.2) is 16.0 Å². The third-order valence-electron chi connectivity index (χ3n) is 3.66. The van der Waals surface area contributed by atoms with Gasteiger partial charge in [-0.25, -0.2) is 4.98 Å². The molecule has 0 aliphatic heterocycles. The van der Waals surface area contributed by atoms with Crippen LogP contribution in [0.2, 0.25) is 0 Å². The minimum Gasteiger partial charge on any atom is -0.347 e. The number of aromatic nitrogens is 2. The summed E-state index contributed by atoms with van der Waals surface area (Å²) in [4.78, 5) is 7.54. The Morgan fingerprint density at radius 2 is 2.38 bits per heavy atom. The molecular formula is C13H23N3. The van der Waals surface area contributed by atoms with Gasteiger partial charge < -0.3 is 10.3 Å². The molecule has 0 radical (unpaired) electrons. The largest absolute Gasteiger partial charge is 0.347 e. The lowest BCUT2D eigenvalue weighted by molar-refractivity contribution is 0.255. The van der Waals surface area contributed by atoms with Crippen LogP contribution in [0, 0.1) is 5.92 Å². The second-order valence-electron chi connectivity index (χ2n) is 5.04. The average Bonchev–Trinajstić information content (AvgIpc) is 2.73. The standard InChI is InChI=1S/C13H23N3/c1-3-12(13-14-7-8-15-13)16-10(2)9-11-5-4-6-11/h7-8,10-12,16H,3-6,9H2,1-2H3,(H,14,15). The van der Waals surface area contributed by atoms with E-state index in [1.165, 1.54) is 25.7 Å². The van der Waals surface area contributed by atoms with Crippen LogP contribution in [0.25, 0.3) is 0 Å². The van der Waals surface area contributed by atoms with E-state index in [2.05, 4.69) is 29.1 Å². The number of nitrogens with one attached hydrogen (secondary N) is 2. The van der Waals surface area contributed by atoms with Crippen molar-refractivity contribution >= 4 is 0 Å². The Morgan fingerprint density at radius 1 is 1.56 bits per heavy atom. The predicted molar refractivity (Wildman–Crippen MR) is 66.2 cm³/mol. The lowest BCUT2D eigenvalue weighted by Crippen LogP contribution is -2.33. The minimum atomic E-state index is 0.380. The normalized spacial score (nSPS) is 20.4. The summed E-state index contributed by atoms with van der Waals surface area (Å²) < 4.78 is 0. The molecule has 1 aromatic heterocycles. The zero-order chi connectivity index (χ0) is 11.4. The lowest BCUT2D eigenvalue weighted by atomic mass is 9.81. The number of H-pyrrole nitrogens is 1. The van der Waals surface area contributed by atoms with Gasteiger partial charge >= 0.3 is 0 Å². The molecule has 0 aromatic carbocycles. The summed E-state index contributed by atoms with van der Waals surface area (Å²) in [5, 5.41) is 3.67. The third-order valence-corrected chi connectivity index (χ3v) is 3.66. The molecular weight excluding hydrogens is 198 g/mol. The first-order valence-corrected chi connectivity index (χ1v) is 6.55. The molecule has 1 aliphatic rings. The number of hydrogen-bond acceptors (Lipinski definition) is 2. The molecule has 1 fully saturated rings. The van der Waals surface area contributed by atoms with Gasteiger partial charge in [-0.2, -0.15) is 0 Å². The molecule has 16 heavy (non-hydrogen) atoms. The van der Waals surface area contributed by atoms with E-state index in [9.17, 15) is 0 Å². The van der Waals surface area contributed by atoms with Crippen molar-refractivity contribution < 1.29 is 0 Å². The molecule has 0 bridgehead atoms. The van der Waals surface area contributed by atoms with Crippen LogP contribution < -0.4 is 5.32 Å². The van der Waals surface area contributed by atoms with Crippen molar-refractivity contribution in [1.82, 2.24) is 15.3 Å². The van der Waals surface area contributed by atoms with Gasteiger partial charge in [-0.15, -0.1) is 0 Å². The molecule has 3 nitrogen and oxygen atoms in total. The van der Waals surface area contributed by atoms with Crippen LogP contribution in [0.15, 0.2) is 12.4 Å². The van der Waals surface area contributed by atoms with Gasteiger partial charge in [0.05, 0.1) is 6.04 Å². The first-order chi connectivity index (χ1) is 7.79. The smallest absolute Gasteiger partial charge is 0.123 e. The number of aromatic amines is 1. The van der Waals surface area contributed by atoms with Gasteiger partial charge in [0.1, 0.15) is 5.82 Å². The van der Waals surface area contributed by atoms with E-state index < -0.39 is 0 Å². The molecule has 1 aromatic rings. The van der Waals surface area contributed by atoms with E-state index >= 15 is 0 Å². The molecule has 0 amide bonds. The molecule has 1 saturated carbocycles. The summed E-state index contributed by atoms with van der Waals surface area (Å²) in [5.74, 6) is 2.04. The fourth-order valence-corrected chi connectivity index (χ4v) is 2.50. The highest BCUT2D eigenvalue weighted by atomic mass is 15.0. The molecule has 0 spiro atoms. The van der Waals surface area contributed by atoms with E-state index in [0.717, 1.165) is 18.2 Å². The number of imidazole rings is 1. The van der Waals surface area contributed by atoms with E-state index in [4.69, 9.17) is 0 Å². The maximum Gasteiger partial charge on any atom is 0.123 e. The van der Waals surface area contributed by atoms with Gasteiger partial charge in [0.2, 0.25) is 0 Å². The highest BCUT2D eigenvalue weighted by Gasteiger charge is 2.21. The Hall–Kier alpha value is -0.830. The van der Waals surface area contributed by atoms with E-state index in [-0.39, 0.29) is 0 Å². The minimum absolute atomic E-state index is 0.380. The predicted octanol–water partition coefficient (Wildman–Crippen LogP) is 3.03. The fourth-order valence-electron chi connectivity index (χ4n) is 2.50. The maximum absolute atomic E-state index is 4.34. The van der Waals surface area contributed by atoms with Crippen molar-refractivity contribution in [1.29, 1.82) is 0 Å². The van der Waals surface area contributed by atoms with E-state index in [1.54, 1.807) is 0 Å². The Balaban J connectivity index is 1.81. The van der Waals surface area contributed by atoms with Gasteiger partial charge in [0, 0.05) is 18.4 Å².